The van der Waals surface area contributed by atoms with Crippen LogP contribution in [0.25, 0.3) is 6.08 Å². The number of hydrogen-bond donors (Lipinski definition) is 0. The van der Waals surface area contributed by atoms with E-state index in [-0.39, 0.29) is 5.97 Å². The van der Waals surface area contributed by atoms with Crippen molar-refractivity contribution < 1.29 is 14.3 Å². The zero-order valence-electron chi connectivity index (χ0n) is 11.4. The van der Waals surface area contributed by atoms with E-state index >= 15 is 0 Å². The van der Waals surface area contributed by atoms with Gasteiger partial charge in [0.15, 0.2) is 0 Å². The Morgan fingerprint density at radius 3 is 2.67 bits per heavy atom. The SMILES string of the molecule is CCOc1cccc(/C=C/C(=O)OC(C)(C)C)c1. The van der Waals surface area contributed by atoms with E-state index in [1.54, 1.807) is 6.08 Å². The first-order valence-corrected chi connectivity index (χ1v) is 6.04. The van der Waals surface area contributed by atoms with Crippen molar-refractivity contribution in [3.63, 3.8) is 0 Å². The number of ether oxygens (including phenoxy) is 2. The average Bonchev–Trinajstić information content (AvgIpc) is 2.25. The molecule has 0 spiro atoms. The lowest BCUT2D eigenvalue weighted by Gasteiger charge is -2.17. The molecule has 3 heteroatoms. The lowest BCUT2D eigenvalue weighted by molar-refractivity contribution is -0.148. The highest BCUT2D eigenvalue weighted by molar-refractivity contribution is 5.87. The summed E-state index contributed by atoms with van der Waals surface area (Å²) in [6.07, 6.45) is 3.15. The normalized spacial score (nSPS) is 11.6. The third kappa shape index (κ3) is 5.53. The maximum atomic E-state index is 11.5. The van der Waals surface area contributed by atoms with Crippen molar-refractivity contribution in [2.45, 2.75) is 33.3 Å². The number of benzene rings is 1. The first kappa shape index (κ1) is 14.3. The van der Waals surface area contributed by atoms with E-state index in [9.17, 15) is 4.79 Å². The molecular formula is C15H20O3. The number of carbonyl (C=O) groups is 1. The Labute approximate surface area is 108 Å². The van der Waals surface area contributed by atoms with Gasteiger partial charge in [-0.25, -0.2) is 4.79 Å². The molecule has 1 aromatic carbocycles. The van der Waals surface area contributed by atoms with Crippen LogP contribution in [0, 0.1) is 0 Å². The second kappa shape index (κ2) is 6.24. The summed E-state index contributed by atoms with van der Waals surface area (Å²) >= 11 is 0. The van der Waals surface area contributed by atoms with E-state index in [4.69, 9.17) is 9.47 Å². The molecular weight excluding hydrogens is 228 g/mol. The molecule has 0 N–H and O–H groups in total. The van der Waals surface area contributed by atoms with Gasteiger partial charge >= 0.3 is 5.97 Å². The number of esters is 1. The Balaban J connectivity index is 2.66. The van der Waals surface area contributed by atoms with Gasteiger partial charge in [0.2, 0.25) is 0 Å². The van der Waals surface area contributed by atoms with Crippen molar-refractivity contribution in [1.29, 1.82) is 0 Å². The summed E-state index contributed by atoms with van der Waals surface area (Å²) < 4.78 is 10.6. The third-order valence-corrected chi connectivity index (χ3v) is 1.99. The lowest BCUT2D eigenvalue weighted by atomic mass is 10.2. The molecule has 0 amide bonds. The van der Waals surface area contributed by atoms with Gasteiger partial charge in [0.05, 0.1) is 6.61 Å². The molecule has 0 unspecified atom stereocenters. The largest absolute Gasteiger partial charge is 0.494 e. The summed E-state index contributed by atoms with van der Waals surface area (Å²) in [6.45, 7) is 8.08. The van der Waals surface area contributed by atoms with Crippen LogP contribution < -0.4 is 4.74 Å². The predicted molar refractivity (Wildman–Crippen MR) is 72.5 cm³/mol. The highest BCUT2D eigenvalue weighted by Crippen LogP contribution is 2.15. The van der Waals surface area contributed by atoms with Crippen molar-refractivity contribution in [2.24, 2.45) is 0 Å². The molecule has 1 aromatic rings. The van der Waals surface area contributed by atoms with Crippen LogP contribution in [-0.4, -0.2) is 18.2 Å². The van der Waals surface area contributed by atoms with E-state index in [1.807, 2.05) is 52.0 Å². The second-order valence-electron chi connectivity index (χ2n) is 4.87. The molecule has 0 heterocycles. The average molecular weight is 248 g/mol. The quantitative estimate of drug-likeness (QED) is 0.605. The maximum absolute atomic E-state index is 11.5. The molecule has 3 nitrogen and oxygen atoms in total. The third-order valence-electron chi connectivity index (χ3n) is 1.99. The van der Waals surface area contributed by atoms with Crippen molar-refractivity contribution in [3.05, 3.63) is 35.9 Å². The zero-order chi connectivity index (χ0) is 13.6. The summed E-state index contributed by atoms with van der Waals surface area (Å²) in [5.41, 5.74) is 0.445. The Morgan fingerprint density at radius 2 is 2.06 bits per heavy atom. The van der Waals surface area contributed by atoms with Crippen LogP contribution in [0.15, 0.2) is 30.3 Å². The summed E-state index contributed by atoms with van der Waals surface area (Å²) in [5.74, 6) is 0.452. The van der Waals surface area contributed by atoms with Gasteiger partial charge in [0.25, 0.3) is 0 Å². The van der Waals surface area contributed by atoms with E-state index in [2.05, 4.69) is 0 Å². The Hall–Kier alpha value is -1.77. The van der Waals surface area contributed by atoms with Crippen LogP contribution in [0.4, 0.5) is 0 Å². The molecule has 0 bridgehead atoms. The highest BCUT2D eigenvalue weighted by atomic mass is 16.6. The standard InChI is InChI=1S/C15H20O3/c1-5-17-13-8-6-7-12(11-13)9-10-14(16)18-15(2,3)4/h6-11H,5H2,1-4H3/b10-9+. The van der Waals surface area contributed by atoms with Crippen molar-refractivity contribution in [2.75, 3.05) is 6.61 Å². The summed E-state index contributed by atoms with van der Waals surface area (Å²) in [4.78, 5) is 11.5. The molecule has 0 aliphatic rings. The van der Waals surface area contributed by atoms with Crippen LogP contribution in [-0.2, 0) is 9.53 Å². The minimum Gasteiger partial charge on any atom is -0.494 e. The lowest BCUT2D eigenvalue weighted by Crippen LogP contribution is -2.22. The van der Waals surface area contributed by atoms with Crippen LogP contribution in [0.1, 0.15) is 33.3 Å². The first-order valence-electron chi connectivity index (χ1n) is 6.04. The van der Waals surface area contributed by atoms with Crippen molar-refractivity contribution >= 4 is 12.0 Å². The number of hydrogen-bond acceptors (Lipinski definition) is 3. The summed E-state index contributed by atoms with van der Waals surface area (Å²) in [5, 5.41) is 0. The molecule has 0 radical (unpaired) electrons. The van der Waals surface area contributed by atoms with Crippen LogP contribution in [0.3, 0.4) is 0 Å². The Bertz CT molecular complexity index is 428. The zero-order valence-corrected chi connectivity index (χ0v) is 11.4. The summed E-state index contributed by atoms with van der Waals surface area (Å²) in [6, 6.07) is 7.56. The highest BCUT2D eigenvalue weighted by Gasteiger charge is 2.13. The van der Waals surface area contributed by atoms with Gasteiger partial charge in [0, 0.05) is 6.08 Å². The minimum atomic E-state index is -0.464. The van der Waals surface area contributed by atoms with Gasteiger partial charge < -0.3 is 9.47 Å². The van der Waals surface area contributed by atoms with Gasteiger partial charge in [-0.15, -0.1) is 0 Å². The Morgan fingerprint density at radius 1 is 1.33 bits per heavy atom. The van der Waals surface area contributed by atoms with Gasteiger partial charge in [-0.05, 0) is 51.5 Å². The topological polar surface area (TPSA) is 35.5 Å². The molecule has 0 aliphatic carbocycles. The molecule has 1 rings (SSSR count). The molecule has 98 valence electrons. The van der Waals surface area contributed by atoms with Gasteiger partial charge in [-0.2, -0.15) is 0 Å². The van der Waals surface area contributed by atoms with Crippen LogP contribution >= 0.6 is 0 Å². The first-order chi connectivity index (χ1) is 8.40. The van der Waals surface area contributed by atoms with Crippen molar-refractivity contribution in [3.8, 4) is 5.75 Å². The van der Waals surface area contributed by atoms with Gasteiger partial charge in [0.1, 0.15) is 11.4 Å². The molecule has 0 fully saturated rings. The number of carbonyl (C=O) groups excluding carboxylic acids is 1. The van der Waals surface area contributed by atoms with Crippen LogP contribution in [0.5, 0.6) is 5.75 Å². The molecule has 0 saturated heterocycles. The maximum Gasteiger partial charge on any atom is 0.331 e. The molecule has 0 aromatic heterocycles. The van der Waals surface area contributed by atoms with Gasteiger partial charge in [-0.3, -0.25) is 0 Å². The number of rotatable bonds is 4. The second-order valence-corrected chi connectivity index (χ2v) is 4.87. The fourth-order valence-corrected chi connectivity index (χ4v) is 1.37. The van der Waals surface area contributed by atoms with Gasteiger partial charge in [-0.1, -0.05) is 12.1 Å². The smallest absolute Gasteiger partial charge is 0.331 e. The van der Waals surface area contributed by atoms with Crippen molar-refractivity contribution in [1.82, 2.24) is 0 Å². The molecule has 0 atom stereocenters. The van der Waals surface area contributed by atoms with E-state index in [0.29, 0.717) is 6.61 Å². The minimum absolute atomic E-state index is 0.343. The molecule has 18 heavy (non-hydrogen) atoms. The monoisotopic (exact) mass is 248 g/mol. The van der Waals surface area contributed by atoms with E-state index in [0.717, 1.165) is 11.3 Å². The van der Waals surface area contributed by atoms with E-state index < -0.39 is 5.60 Å². The fraction of sp³-hybridized carbons (Fsp3) is 0.400. The fourth-order valence-electron chi connectivity index (χ4n) is 1.37. The molecule has 0 saturated carbocycles. The van der Waals surface area contributed by atoms with E-state index in [1.165, 1.54) is 6.08 Å². The molecule has 0 aliphatic heterocycles. The predicted octanol–water partition coefficient (Wildman–Crippen LogP) is 3.44. The Kier molecular flexibility index (Phi) is 4.95. The van der Waals surface area contributed by atoms with Crippen LogP contribution in [0.2, 0.25) is 0 Å². The summed E-state index contributed by atoms with van der Waals surface area (Å²) in [7, 11) is 0.